The van der Waals surface area contributed by atoms with Gasteiger partial charge < -0.3 is 9.30 Å². The lowest BCUT2D eigenvalue weighted by Gasteiger charge is -2.14. The number of carbonyl (C=O) groups excluding carboxylic acids is 1. The van der Waals surface area contributed by atoms with E-state index >= 15 is 0 Å². The van der Waals surface area contributed by atoms with Crippen molar-refractivity contribution in [3.63, 3.8) is 0 Å². The van der Waals surface area contributed by atoms with E-state index in [-0.39, 0.29) is 12.0 Å². The van der Waals surface area contributed by atoms with Crippen molar-refractivity contribution in [3.8, 4) is 0 Å². The van der Waals surface area contributed by atoms with Crippen molar-refractivity contribution in [2.75, 3.05) is 6.61 Å². The molecule has 1 aromatic heterocycles. The number of aryl methyl sites for hydroxylation is 1. The number of esters is 1. The lowest BCUT2D eigenvalue weighted by Crippen LogP contribution is -2.20. The highest BCUT2D eigenvalue weighted by molar-refractivity contribution is 5.73. The van der Waals surface area contributed by atoms with Crippen molar-refractivity contribution in [1.29, 1.82) is 0 Å². The minimum Gasteiger partial charge on any atom is -0.464 e. The topological polar surface area (TPSA) is 44.1 Å². The minimum absolute atomic E-state index is 0.172. The summed E-state index contributed by atoms with van der Waals surface area (Å²) < 4.78 is 7.14. The standard InChI is InChI=1S/C15H26N2O2/c1-4-5-6-7-8-9-12-19-15(18)13(2)17-11-10-16-14(17)3/h10-11,13H,4-9,12H2,1-3H3. The average Bonchev–Trinajstić information content (AvgIpc) is 2.82. The summed E-state index contributed by atoms with van der Waals surface area (Å²) in [6.07, 6.45) is 10.7. The molecule has 0 radical (unpaired) electrons. The van der Waals surface area contributed by atoms with E-state index in [4.69, 9.17) is 4.74 Å². The van der Waals surface area contributed by atoms with E-state index in [9.17, 15) is 4.79 Å². The van der Waals surface area contributed by atoms with Gasteiger partial charge in [0.15, 0.2) is 0 Å². The summed E-state index contributed by atoms with van der Waals surface area (Å²) in [5.41, 5.74) is 0. The van der Waals surface area contributed by atoms with E-state index in [2.05, 4.69) is 11.9 Å². The van der Waals surface area contributed by atoms with Crippen LogP contribution < -0.4 is 0 Å². The summed E-state index contributed by atoms with van der Waals surface area (Å²) in [6.45, 7) is 6.47. The van der Waals surface area contributed by atoms with Gasteiger partial charge in [0.05, 0.1) is 6.61 Å². The van der Waals surface area contributed by atoms with Gasteiger partial charge in [0, 0.05) is 12.4 Å². The summed E-state index contributed by atoms with van der Waals surface area (Å²) in [7, 11) is 0. The Labute approximate surface area is 116 Å². The van der Waals surface area contributed by atoms with Crippen LogP contribution in [0.25, 0.3) is 0 Å². The molecule has 0 aliphatic rings. The van der Waals surface area contributed by atoms with Gasteiger partial charge in [-0.15, -0.1) is 0 Å². The second-order valence-corrected chi connectivity index (χ2v) is 4.99. The molecule has 0 spiro atoms. The highest BCUT2D eigenvalue weighted by Gasteiger charge is 2.17. The van der Waals surface area contributed by atoms with Crippen molar-refractivity contribution in [2.45, 2.75) is 65.3 Å². The molecule has 0 aromatic carbocycles. The van der Waals surface area contributed by atoms with Crippen LogP contribution in [0.5, 0.6) is 0 Å². The summed E-state index contributed by atoms with van der Waals surface area (Å²) >= 11 is 0. The number of rotatable bonds is 9. The van der Waals surface area contributed by atoms with Crippen LogP contribution in [0.1, 0.15) is 64.2 Å². The summed E-state index contributed by atoms with van der Waals surface area (Å²) in [6, 6.07) is -0.289. The molecule has 0 saturated carbocycles. The summed E-state index contributed by atoms with van der Waals surface area (Å²) in [4.78, 5) is 16.0. The van der Waals surface area contributed by atoms with Crippen molar-refractivity contribution in [2.24, 2.45) is 0 Å². The fourth-order valence-corrected chi connectivity index (χ4v) is 2.09. The third kappa shape index (κ3) is 5.45. The Kier molecular flexibility index (Phi) is 7.23. The van der Waals surface area contributed by atoms with Crippen LogP contribution in [-0.2, 0) is 9.53 Å². The maximum absolute atomic E-state index is 11.9. The molecule has 0 amide bonds. The van der Waals surface area contributed by atoms with Crippen LogP contribution in [0, 0.1) is 6.92 Å². The zero-order valence-electron chi connectivity index (χ0n) is 12.4. The Bertz CT molecular complexity index is 374. The predicted molar refractivity (Wildman–Crippen MR) is 76.0 cm³/mol. The zero-order chi connectivity index (χ0) is 14.1. The number of hydrogen-bond donors (Lipinski definition) is 0. The molecule has 4 nitrogen and oxygen atoms in total. The van der Waals surface area contributed by atoms with E-state index in [1.54, 1.807) is 6.20 Å². The van der Waals surface area contributed by atoms with Gasteiger partial charge in [-0.25, -0.2) is 9.78 Å². The second kappa shape index (κ2) is 8.73. The Balaban J connectivity index is 2.16. The maximum Gasteiger partial charge on any atom is 0.328 e. The lowest BCUT2D eigenvalue weighted by molar-refractivity contribution is -0.147. The molecule has 0 N–H and O–H groups in total. The Morgan fingerprint density at radius 3 is 2.63 bits per heavy atom. The van der Waals surface area contributed by atoms with Crippen molar-refractivity contribution in [3.05, 3.63) is 18.2 Å². The van der Waals surface area contributed by atoms with E-state index in [1.165, 1.54) is 25.7 Å². The normalized spacial score (nSPS) is 12.4. The number of unbranched alkanes of at least 4 members (excludes halogenated alkanes) is 5. The monoisotopic (exact) mass is 266 g/mol. The van der Waals surface area contributed by atoms with Crippen LogP contribution in [0.15, 0.2) is 12.4 Å². The van der Waals surface area contributed by atoms with Gasteiger partial charge in [0.1, 0.15) is 11.9 Å². The van der Waals surface area contributed by atoms with E-state index < -0.39 is 0 Å². The first-order chi connectivity index (χ1) is 9.16. The summed E-state index contributed by atoms with van der Waals surface area (Å²) in [5, 5.41) is 0. The molecule has 19 heavy (non-hydrogen) atoms. The van der Waals surface area contributed by atoms with Crippen molar-refractivity contribution >= 4 is 5.97 Å². The van der Waals surface area contributed by atoms with Gasteiger partial charge in [-0.2, -0.15) is 0 Å². The molecular formula is C15H26N2O2. The molecule has 0 fully saturated rings. The van der Waals surface area contributed by atoms with Crippen LogP contribution in [0.2, 0.25) is 0 Å². The van der Waals surface area contributed by atoms with Gasteiger partial charge in [-0.1, -0.05) is 39.0 Å². The van der Waals surface area contributed by atoms with Crippen LogP contribution in [0.3, 0.4) is 0 Å². The largest absolute Gasteiger partial charge is 0.464 e. The van der Waals surface area contributed by atoms with Gasteiger partial charge in [-0.3, -0.25) is 0 Å². The fraction of sp³-hybridized carbons (Fsp3) is 0.733. The number of imidazole rings is 1. The molecule has 1 aromatic rings. The average molecular weight is 266 g/mol. The minimum atomic E-state index is -0.289. The van der Waals surface area contributed by atoms with E-state index in [0.717, 1.165) is 18.7 Å². The molecular weight excluding hydrogens is 240 g/mol. The van der Waals surface area contributed by atoms with Crippen molar-refractivity contribution < 1.29 is 9.53 Å². The highest BCUT2D eigenvalue weighted by Crippen LogP contribution is 2.11. The summed E-state index contributed by atoms with van der Waals surface area (Å²) in [5.74, 6) is 0.665. The molecule has 0 aliphatic heterocycles. The van der Waals surface area contributed by atoms with Crippen LogP contribution >= 0.6 is 0 Å². The molecule has 1 heterocycles. The van der Waals surface area contributed by atoms with Gasteiger partial charge >= 0.3 is 5.97 Å². The lowest BCUT2D eigenvalue weighted by atomic mass is 10.1. The van der Waals surface area contributed by atoms with Crippen LogP contribution in [-0.4, -0.2) is 22.1 Å². The van der Waals surface area contributed by atoms with E-state index in [1.807, 2.05) is 24.6 Å². The number of hydrogen-bond acceptors (Lipinski definition) is 3. The molecule has 0 saturated heterocycles. The Morgan fingerprint density at radius 1 is 1.32 bits per heavy atom. The molecule has 1 rings (SSSR count). The SMILES string of the molecule is CCCCCCCCOC(=O)C(C)n1ccnc1C. The van der Waals surface area contributed by atoms with Crippen LogP contribution in [0.4, 0.5) is 0 Å². The second-order valence-electron chi connectivity index (χ2n) is 4.99. The first-order valence-electron chi connectivity index (χ1n) is 7.33. The zero-order valence-corrected chi connectivity index (χ0v) is 12.4. The number of ether oxygens (including phenoxy) is 1. The van der Waals surface area contributed by atoms with Gasteiger partial charge in [-0.05, 0) is 20.3 Å². The third-order valence-electron chi connectivity index (χ3n) is 3.36. The quantitative estimate of drug-likeness (QED) is 0.506. The Hall–Kier alpha value is -1.32. The first kappa shape index (κ1) is 15.7. The predicted octanol–water partition coefficient (Wildman–Crippen LogP) is 3.66. The van der Waals surface area contributed by atoms with Crippen molar-refractivity contribution in [1.82, 2.24) is 9.55 Å². The number of nitrogens with zero attached hydrogens (tertiary/aromatic N) is 2. The fourth-order valence-electron chi connectivity index (χ4n) is 2.09. The maximum atomic E-state index is 11.9. The molecule has 0 bridgehead atoms. The van der Waals surface area contributed by atoms with E-state index in [0.29, 0.717) is 6.61 Å². The Morgan fingerprint density at radius 2 is 2.00 bits per heavy atom. The molecule has 4 heteroatoms. The smallest absolute Gasteiger partial charge is 0.328 e. The first-order valence-corrected chi connectivity index (χ1v) is 7.33. The number of carbonyl (C=O) groups is 1. The molecule has 108 valence electrons. The molecule has 1 atom stereocenters. The highest BCUT2D eigenvalue weighted by atomic mass is 16.5. The number of aromatic nitrogens is 2. The molecule has 1 unspecified atom stereocenters. The molecule has 0 aliphatic carbocycles. The van der Waals surface area contributed by atoms with Gasteiger partial charge in [0.2, 0.25) is 0 Å². The van der Waals surface area contributed by atoms with Gasteiger partial charge in [0.25, 0.3) is 0 Å². The third-order valence-corrected chi connectivity index (χ3v) is 3.36.